The lowest BCUT2D eigenvalue weighted by molar-refractivity contribution is -0.191. The molecule has 1 aliphatic rings. The fourth-order valence-corrected chi connectivity index (χ4v) is 6.88. The van der Waals surface area contributed by atoms with Gasteiger partial charge >= 0.3 is 6.15 Å². The molecule has 1 saturated carbocycles. The largest absolute Gasteiger partial charge is 0.375 e. The molecule has 0 unspecified atom stereocenters. The molecule has 0 spiro atoms. The minimum Gasteiger partial charge on any atom is -0.375 e. The number of para-hydroxylation sites is 1. The fraction of sp³-hybridized carbons (Fsp3) is 0.211. The maximum Gasteiger partial charge on any atom is 0.373 e. The van der Waals surface area contributed by atoms with Crippen molar-refractivity contribution in [1.82, 2.24) is 25.6 Å². The van der Waals surface area contributed by atoms with Crippen molar-refractivity contribution in [3.05, 3.63) is 30.3 Å². The molecule has 5 N–H and O–H groups in total. The summed E-state index contributed by atoms with van der Waals surface area (Å²) in [7, 11) is -4.08. The zero-order valence-corrected chi connectivity index (χ0v) is 19.3. The van der Waals surface area contributed by atoms with Crippen molar-refractivity contribution >= 4 is 54.6 Å². The number of nitrogens with two attached hydrogens (primary N) is 2. The van der Waals surface area contributed by atoms with E-state index in [-0.39, 0.29) is 16.9 Å². The van der Waals surface area contributed by atoms with Crippen LogP contribution in [-0.4, -0.2) is 45.4 Å². The molecule has 0 bridgehead atoms. The number of carbonyl (C=O) groups excluding carboxylic acids is 2. The first-order chi connectivity index (χ1) is 15.8. The monoisotopic (exact) mass is 503 g/mol. The molecule has 0 atom stereocenters. The molecule has 33 heavy (non-hydrogen) atoms. The number of thiazole rings is 1. The number of nitrogens with one attached hydrogen (secondary N) is 1. The number of sulfonamides is 1. The average molecular weight is 504 g/mol. The van der Waals surface area contributed by atoms with E-state index in [0.29, 0.717) is 31.9 Å². The Morgan fingerprint density at radius 1 is 1.15 bits per heavy atom. The molecule has 2 heterocycles. The number of tetrazole rings is 1. The van der Waals surface area contributed by atoms with Crippen molar-refractivity contribution < 1.29 is 18.0 Å². The van der Waals surface area contributed by atoms with Crippen LogP contribution in [0.2, 0.25) is 0 Å². The maximum atomic E-state index is 12.8. The van der Waals surface area contributed by atoms with Crippen LogP contribution in [0, 0.1) is 0 Å². The van der Waals surface area contributed by atoms with E-state index in [1.165, 1.54) is 23.1 Å². The standard InChI is InChI=1S/C18H17N7O2S3.CO2/c19-18-21-15-11(5-2-6-12(15)29-18)10-7-8-13(28-9-3-1-4-9)16(30(20,26)27)14(10)17-22-24-25-23-17;2-1-3/h2,5-9H,1,3-4H2,(H2,19,21)(H2,20,26,27)(H,22,23,24,25);. The molecule has 5 rings (SSSR count). The third-order valence-corrected chi connectivity index (χ3v) is 8.42. The smallest absolute Gasteiger partial charge is 0.373 e. The lowest BCUT2D eigenvalue weighted by atomic mass is 9.98. The average Bonchev–Trinajstić information content (AvgIpc) is 3.38. The molecule has 170 valence electrons. The van der Waals surface area contributed by atoms with Crippen molar-refractivity contribution in [3.8, 4) is 22.5 Å². The van der Waals surface area contributed by atoms with Crippen LogP contribution in [0.15, 0.2) is 40.1 Å². The third-order valence-electron chi connectivity index (χ3n) is 5.05. The van der Waals surface area contributed by atoms with Gasteiger partial charge in [0.1, 0.15) is 4.90 Å². The second kappa shape index (κ2) is 9.37. The first-order valence-electron chi connectivity index (χ1n) is 9.58. The van der Waals surface area contributed by atoms with E-state index in [1.807, 2.05) is 24.3 Å². The van der Waals surface area contributed by atoms with Gasteiger partial charge in [0.15, 0.2) is 5.13 Å². The van der Waals surface area contributed by atoms with Gasteiger partial charge in [-0.15, -0.1) is 22.0 Å². The van der Waals surface area contributed by atoms with E-state index in [2.05, 4.69) is 25.6 Å². The van der Waals surface area contributed by atoms with Crippen molar-refractivity contribution in [3.63, 3.8) is 0 Å². The zero-order chi connectivity index (χ0) is 23.6. The first kappa shape index (κ1) is 23.0. The Bertz CT molecular complexity index is 1440. The number of hydrogen-bond donors (Lipinski definition) is 3. The van der Waals surface area contributed by atoms with Crippen LogP contribution in [-0.2, 0) is 19.6 Å². The molecule has 2 aromatic heterocycles. The van der Waals surface area contributed by atoms with Crippen LogP contribution in [0.3, 0.4) is 0 Å². The molecule has 11 nitrogen and oxygen atoms in total. The van der Waals surface area contributed by atoms with E-state index in [1.54, 1.807) is 6.07 Å². The number of thioether (sulfide) groups is 1. The summed E-state index contributed by atoms with van der Waals surface area (Å²) < 4.78 is 26.4. The minimum absolute atomic E-state index is 0.0125. The van der Waals surface area contributed by atoms with Crippen molar-refractivity contribution in [2.75, 3.05) is 5.73 Å². The molecule has 0 radical (unpaired) electrons. The Balaban J connectivity index is 0.000000821. The molecule has 4 aromatic rings. The maximum absolute atomic E-state index is 12.8. The highest BCUT2D eigenvalue weighted by atomic mass is 32.2. The summed E-state index contributed by atoms with van der Waals surface area (Å²) >= 11 is 2.89. The number of primary sulfonamides is 1. The molecule has 1 fully saturated rings. The molecule has 1 aliphatic carbocycles. The van der Waals surface area contributed by atoms with Gasteiger partial charge in [-0.05, 0) is 35.8 Å². The number of fused-ring (bicyclic) bond motifs is 1. The second-order valence-electron chi connectivity index (χ2n) is 7.05. The van der Waals surface area contributed by atoms with E-state index in [9.17, 15) is 8.42 Å². The summed E-state index contributed by atoms with van der Waals surface area (Å²) in [6.07, 6.45) is 3.49. The van der Waals surface area contributed by atoms with Gasteiger partial charge in [-0.3, -0.25) is 0 Å². The van der Waals surface area contributed by atoms with Crippen molar-refractivity contribution in [1.29, 1.82) is 0 Å². The molecule has 14 heteroatoms. The highest BCUT2D eigenvalue weighted by Gasteiger charge is 2.30. The molecular formula is C19H17N7O4S3. The van der Waals surface area contributed by atoms with Gasteiger partial charge in [0.05, 0.1) is 15.8 Å². The Labute approximate surface area is 196 Å². The molecule has 2 aromatic carbocycles. The fourth-order valence-electron chi connectivity index (χ4n) is 3.50. The van der Waals surface area contributed by atoms with Crippen molar-refractivity contribution in [2.45, 2.75) is 34.3 Å². The topological polar surface area (TPSA) is 188 Å². The Morgan fingerprint density at radius 2 is 1.91 bits per heavy atom. The quantitative estimate of drug-likeness (QED) is 0.365. The van der Waals surface area contributed by atoms with Gasteiger partial charge in [-0.1, -0.05) is 36.0 Å². The van der Waals surface area contributed by atoms with Crippen LogP contribution in [0.5, 0.6) is 0 Å². The van der Waals surface area contributed by atoms with Gasteiger partial charge < -0.3 is 5.73 Å². The highest BCUT2D eigenvalue weighted by molar-refractivity contribution is 8.00. The lowest BCUT2D eigenvalue weighted by Gasteiger charge is -2.26. The summed E-state index contributed by atoms with van der Waals surface area (Å²) in [5.74, 6) is 0.158. The first-order valence-corrected chi connectivity index (χ1v) is 12.8. The van der Waals surface area contributed by atoms with Crippen LogP contribution in [0.1, 0.15) is 19.3 Å². The summed E-state index contributed by atoms with van der Waals surface area (Å²) in [5, 5.41) is 20.7. The van der Waals surface area contributed by atoms with E-state index in [4.69, 9.17) is 20.5 Å². The van der Waals surface area contributed by atoms with E-state index < -0.39 is 10.0 Å². The second-order valence-corrected chi connectivity index (χ2v) is 11.0. The predicted octanol–water partition coefficient (Wildman–Crippen LogP) is 2.43. The summed E-state index contributed by atoms with van der Waals surface area (Å²) in [6, 6.07) is 9.33. The zero-order valence-electron chi connectivity index (χ0n) is 16.9. The SMILES string of the molecule is Nc1nc2c(-c3ccc(SC4CCC4)c(S(N)(=O)=O)c3-c3nn[nH]n3)cccc2s1.O=C=O. The van der Waals surface area contributed by atoms with Crippen LogP contribution in [0.25, 0.3) is 32.7 Å². The number of rotatable bonds is 5. The number of H-pyrrole nitrogens is 1. The molecular weight excluding hydrogens is 486 g/mol. The third kappa shape index (κ3) is 4.65. The lowest BCUT2D eigenvalue weighted by Crippen LogP contribution is -2.18. The summed E-state index contributed by atoms with van der Waals surface area (Å²) in [6.45, 7) is 0. The highest BCUT2D eigenvalue weighted by Crippen LogP contribution is 2.46. The number of nitrogen functional groups attached to an aromatic ring is 1. The number of nitrogens with zero attached hydrogens (tertiary/aromatic N) is 4. The number of benzene rings is 2. The number of anilines is 1. The predicted molar refractivity (Wildman–Crippen MR) is 123 cm³/mol. The van der Waals surface area contributed by atoms with Gasteiger partial charge in [0.2, 0.25) is 15.8 Å². The van der Waals surface area contributed by atoms with Crippen LogP contribution >= 0.6 is 23.1 Å². The van der Waals surface area contributed by atoms with Crippen LogP contribution < -0.4 is 10.9 Å². The number of aromatic nitrogens is 5. The number of aromatic amines is 1. The van der Waals surface area contributed by atoms with E-state index >= 15 is 0 Å². The van der Waals surface area contributed by atoms with Gasteiger partial charge in [-0.2, -0.15) is 14.8 Å². The summed E-state index contributed by atoms with van der Waals surface area (Å²) in [4.78, 5) is 21.3. The minimum atomic E-state index is -4.08. The molecule has 0 aliphatic heterocycles. The van der Waals surface area contributed by atoms with Gasteiger partial charge in [0.25, 0.3) is 0 Å². The summed E-state index contributed by atoms with van der Waals surface area (Å²) in [5.41, 5.74) is 8.25. The van der Waals surface area contributed by atoms with Crippen LogP contribution in [0.4, 0.5) is 5.13 Å². The Morgan fingerprint density at radius 3 is 2.52 bits per heavy atom. The van der Waals surface area contributed by atoms with Gasteiger partial charge in [-0.25, -0.2) is 18.5 Å². The normalized spacial score (nSPS) is 13.7. The number of hydrogen-bond acceptors (Lipinski definition) is 11. The Hall–Kier alpha value is -3.16. The van der Waals surface area contributed by atoms with E-state index in [0.717, 1.165) is 29.5 Å². The van der Waals surface area contributed by atoms with Crippen molar-refractivity contribution in [2.24, 2.45) is 5.14 Å². The Kier molecular flexibility index (Phi) is 6.54. The molecule has 0 saturated heterocycles. The molecule has 0 amide bonds. The van der Waals surface area contributed by atoms with Gasteiger partial charge in [0, 0.05) is 15.7 Å².